The van der Waals surface area contributed by atoms with E-state index in [0.29, 0.717) is 11.8 Å². The molecule has 3 atom stereocenters. The van der Waals surface area contributed by atoms with Crippen molar-refractivity contribution in [1.29, 1.82) is 0 Å². The zero-order valence-corrected chi connectivity index (χ0v) is 16.6. The monoisotopic (exact) mass is 388 g/mol. The minimum Gasteiger partial charge on any atom is -0.298 e. The summed E-state index contributed by atoms with van der Waals surface area (Å²) in [4.78, 5) is 2.50. The van der Waals surface area contributed by atoms with Crippen LogP contribution in [-0.4, -0.2) is 48.0 Å². The molecule has 2 fully saturated rings. The van der Waals surface area contributed by atoms with Gasteiger partial charge in [0, 0.05) is 38.1 Å². The van der Waals surface area contributed by atoms with Gasteiger partial charge in [-0.05, 0) is 48.8 Å². The third-order valence-electron chi connectivity index (χ3n) is 6.01. The van der Waals surface area contributed by atoms with Gasteiger partial charge in [-0.2, -0.15) is 5.10 Å². The van der Waals surface area contributed by atoms with E-state index in [-0.39, 0.29) is 11.8 Å². The molecule has 1 aromatic carbocycles. The number of fused-ring (bicyclic) bond motifs is 2. The number of aromatic nitrogens is 2. The number of benzene rings is 1. The number of nitrogens with one attached hydrogen (secondary N) is 1. The summed E-state index contributed by atoms with van der Waals surface area (Å²) in [5.41, 5.74) is 2.63. The van der Waals surface area contributed by atoms with Crippen LogP contribution in [0, 0.1) is 11.8 Å². The maximum absolute atomic E-state index is 12.0. The molecule has 2 heterocycles. The number of nitrogens with zero attached hydrogens (tertiary/aromatic N) is 3. The highest BCUT2D eigenvalue weighted by Crippen LogP contribution is 2.38. The molecule has 1 aliphatic heterocycles. The molecule has 1 saturated heterocycles. The van der Waals surface area contributed by atoms with Crippen LogP contribution in [0.4, 0.5) is 0 Å². The van der Waals surface area contributed by atoms with Crippen LogP contribution in [0.25, 0.3) is 0 Å². The largest absolute Gasteiger partial charge is 0.298 e. The van der Waals surface area contributed by atoms with Gasteiger partial charge in [0.1, 0.15) is 0 Å². The van der Waals surface area contributed by atoms with Crippen LogP contribution in [0.2, 0.25) is 0 Å². The third kappa shape index (κ3) is 4.25. The normalized spacial score (nSPS) is 25.7. The fraction of sp³-hybridized carbons (Fsp3) is 0.550. The molecular weight excluding hydrogens is 360 g/mol. The number of likely N-dealkylation sites (tertiary alicyclic amines) is 1. The van der Waals surface area contributed by atoms with Gasteiger partial charge in [-0.25, -0.2) is 13.1 Å². The van der Waals surface area contributed by atoms with Crippen LogP contribution in [-0.2, 0) is 23.1 Å². The highest BCUT2D eigenvalue weighted by molar-refractivity contribution is 7.89. The van der Waals surface area contributed by atoms with Crippen LogP contribution in [0.5, 0.6) is 0 Å². The van der Waals surface area contributed by atoms with Crippen molar-refractivity contribution in [3.8, 4) is 0 Å². The molecule has 1 aliphatic carbocycles. The van der Waals surface area contributed by atoms with E-state index in [4.69, 9.17) is 0 Å². The number of sulfonamides is 1. The van der Waals surface area contributed by atoms with Crippen LogP contribution in [0.1, 0.15) is 30.9 Å². The lowest BCUT2D eigenvalue weighted by Crippen LogP contribution is -2.52. The molecule has 0 spiro atoms. The van der Waals surface area contributed by atoms with E-state index in [2.05, 4.69) is 39.0 Å². The lowest BCUT2D eigenvalue weighted by molar-refractivity contribution is 0.133. The van der Waals surface area contributed by atoms with Gasteiger partial charge >= 0.3 is 0 Å². The SMILES string of the molecule is CCS(=O)(=O)NC1[C@@H]2CC[C@H]1CN(Cc1ccccc1Cn1cccn1)C2. The Kier molecular flexibility index (Phi) is 5.34. The summed E-state index contributed by atoms with van der Waals surface area (Å²) in [6.07, 6.45) is 6.03. The summed E-state index contributed by atoms with van der Waals surface area (Å²) < 4.78 is 29.0. The van der Waals surface area contributed by atoms with E-state index in [1.54, 1.807) is 6.92 Å². The summed E-state index contributed by atoms with van der Waals surface area (Å²) in [7, 11) is -3.14. The second-order valence-electron chi connectivity index (χ2n) is 7.81. The van der Waals surface area contributed by atoms with Crippen LogP contribution in [0.15, 0.2) is 42.7 Å². The summed E-state index contributed by atoms with van der Waals surface area (Å²) in [6, 6.07) is 10.6. The van der Waals surface area contributed by atoms with E-state index in [9.17, 15) is 8.42 Å². The molecule has 2 bridgehead atoms. The van der Waals surface area contributed by atoms with Gasteiger partial charge in [0.2, 0.25) is 10.0 Å². The van der Waals surface area contributed by atoms with Gasteiger partial charge in [-0.1, -0.05) is 24.3 Å². The molecule has 6 nitrogen and oxygen atoms in total. The highest BCUT2D eigenvalue weighted by atomic mass is 32.2. The Morgan fingerprint density at radius 3 is 2.33 bits per heavy atom. The van der Waals surface area contributed by atoms with Gasteiger partial charge in [0.05, 0.1) is 12.3 Å². The lowest BCUT2D eigenvalue weighted by Gasteiger charge is -2.38. The van der Waals surface area contributed by atoms with Gasteiger partial charge in [-0.15, -0.1) is 0 Å². The molecule has 1 unspecified atom stereocenters. The Balaban J connectivity index is 1.44. The van der Waals surface area contributed by atoms with Crippen molar-refractivity contribution in [2.45, 2.75) is 38.9 Å². The van der Waals surface area contributed by atoms with Crippen LogP contribution < -0.4 is 4.72 Å². The molecule has 1 aromatic heterocycles. The minimum atomic E-state index is -3.14. The molecule has 7 heteroatoms. The molecule has 27 heavy (non-hydrogen) atoms. The Morgan fingerprint density at radius 1 is 1.07 bits per heavy atom. The van der Waals surface area contributed by atoms with Gasteiger partial charge < -0.3 is 0 Å². The predicted molar refractivity (Wildman–Crippen MR) is 106 cm³/mol. The fourth-order valence-electron chi connectivity index (χ4n) is 4.61. The van der Waals surface area contributed by atoms with Crippen molar-refractivity contribution >= 4 is 10.0 Å². The lowest BCUT2D eigenvalue weighted by atomic mass is 9.92. The molecule has 1 N–H and O–H groups in total. The van der Waals surface area contributed by atoms with Crippen molar-refractivity contribution in [3.63, 3.8) is 0 Å². The smallest absolute Gasteiger partial charge is 0.211 e. The van der Waals surface area contributed by atoms with Gasteiger partial charge in [0.15, 0.2) is 0 Å². The zero-order chi connectivity index (χ0) is 18.9. The van der Waals surface area contributed by atoms with E-state index < -0.39 is 10.0 Å². The second kappa shape index (κ2) is 7.73. The molecular formula is C20H28N4O2S. The van der Waals surface area contributed by atoms with Crippen molar-refractivity contribution in [2.24, 2.45) is 11.8 Å². The van der Waals surface area contributed by atoms with Crippen molar-refractivity contribution in [1.82, 2.24) is 19.4 Å². The molecule has 2 aromatic rings. The van der Waals surface area contributed by atoms with E-state index >= 15 is 0 Å². The maximum Gasteiger partial charge on any atom is 0.211 e. The van der Waals surface area contributed by atoms with E-state index in [1.807, 2.05) is 23.1 Å². The third-order valence-corrected chi connectivity index (χ3v) is 7.40. The average molecular weight is 389 g/mol. The Bertz CT molecular complexity index is 852. The van der Waals surface area contributed by atoms with Crippen molar-refractivity contribution in [3.05, 3.63) is 53.9 Å². The summed E-state index contributed by atoms with van der Waals surface area (Å²) in [5.74, 6) is 1.000. The minimum absolute atomic E-state index is 0.116. The average Bonchev–Trinajstić information content (AvgIpc) is 3.23. The molecule has 0 radical (unpaired) electrons. The van der Waals surface area contributed by atoms with Crippen LogP contribution in [0.3, 0.4) is 0 Å². The first-order valence-electron chi connectivity index (χ1n) is 9.80. The number of hydrogen-bond donors (Lipinski definition) is 1. The van der Waals surface area contributed by atoms with Crippen molar-refractivity contribution < 1.29 is 8.42 Å². The molecule has 1 saturated carbocycles. The van der Waals surface area contributed by atoms with Crippen LogP contribution >= 0.6 is 0 Å². The Hall–Kier alpha value is -1.70. The summed E-state index contributed by atoms with van der Waals surface area (Å²) in [5, 5.41) is 4.32. The first kappa shape index (κ1) is 18.7. The van der Waals surface area contributed by atoms with Gasteiger partial charge in [-0.3, -0.25) is 9.58 Å². The topological polar surface area (TPSA) is 67.2 Å². The first-order chi connectivity index (χ1) is 13.0. The van der Waals surface area contributed by atoms with Crippen molar-refractivity contribution in [2.75, 3.05) is 18.8 Å². The molecule has 2 aliphatic rings. The Labute approximate surface area is 161 Å². The fourth-order valence-corrected chi connectivity index (χ4v) is 5.57. The Morgan fingerprint density at radius 2 is 1.74 bits per heavy atom. The van der Waals surface area contributed by atoms with E-state index in [1.165, 1.54) is 11.1 Å². The summed E-state index contributed by atoms with van der Waals surface area (Å²) >= 11 is 0. The maximum atomic E-state index is 12.0. The number of piperidine rings is 1. The van der Waals surface area contributed by atoms with E-state index in [0.717, 1.165) is 39.0 Å². The molecule has 146 valence electrons. The summed E-state index contributed by atoms with van der Waals surface area (Å²) in [6.45, 7) is 5.32. The second-order valence-corrected chi connectivity index (χ2v) is 9.85. The zero-order valence-electron chi connectivity index (χ0n) is 15.8. The first-order valence-corrected chi connectivity index (χ1v) is 11.5. The predicted octanol–water partition coefficient (Wildman–Crippen LogP) is 2.08. The quantitative estimate of drug-likeness (QED) is 0.789. The highest BCUT2D eigenvalue weighted by Gasteiger charge is 2.43. The molecule has 4 rings (SSSR count). The standard InChI is InChI=1S/C20H28N4O2S/c1-2-27(25,26)22-20-18-8-9-19(20)14-23(13-18)12-16-6-3-4-7-17(16)15-24-11-5-10-21-24/h3-7,10-11,18-20,22H,2,8-9,12-15H2,1H3/t18-,19+,20?. The number of hydrogen-bond acceptors (Lipinski definition) is 4. The molecule has 0 amide bonds. The number of rotatable bonds is 7. The van der Waals surface area contributed by atoms with Gasteiger partial charge in [0.25, 0.3) is 0 Å².